The average molecular weight is 584 g/mol. The number of aliphatic carboxylic acids is 2. The monoisotopic (exact) mass is 583 g/mol. The SMILES string of the molecule is CCCCC(Oc1nc(CC)nc2cn[nH]c12)(C(=O)NCCCCCC(=O)O)c1ccc(OC(CCC)C(=O)O)cc1. The number of unbranched alkanes of at least 4 members (excludes halogenated alkanes) is 3. The van der Waals surface area contributed by atoms with E-state index in [1.165, 1.54) is 0 Å². The lowest BCUT2D eigenvalue weighted by molar-refractivity contribution is -0.145. The van der Waals surface area contributed by atoms with Gasteiger partial charge < -0.3 is 25.0 Å². The minimum Gasteiger partial charge on any atom is -0.481 e. The molecule has 0 spiro atoms. The van der Waals surface area contributed by atoms with Gasteiger partial charge in [0.15, 0.2) is 6.10 Å². The minimum absolute atomic E-state index is 0.0839. The second kappa shape index (κ2) is 15.7. The van der Waals surface area contributed by atoms with Crippen molar-refractivity contribution in [3.05, 3.63) is 41.9 Å². The summed E-state index contributed by atoms with van der Waals surface area (Å²) in [6.45, 7) is 6.18. The van der Waals surface area contributed by atoms with Crippen molar-refractivity contribution in [1.82, 2.24) is 25.5 Å². The maximum Gasteiger partial charge on any atom is 0.344 e. The molecule has 0 aliphatic carbocycles. The Labute approximate surface area is 245 Å². The van der Waals surface area contributed by atoms with Crippen LogP contribution in [0.5, 0.6) is 11.6 Å². The molecule has 2 heterocycles. The summed E-state index contributed by atoms with van der Waals surface area (Å²) >= 11 is 0. The summed E-state index contributed by atoms with van der Waals surface area (Å²) in [6, 6.07) is 6.73. The summed E-state index contributed by atoms with van der Waals surface area (Å²) in [7, 11) is 0. The summed E-state index contributed by atoms with van der Waals surface area (Å²) in [5.41, 5.74) is 0.110. The number of hydrogen-bond acceptors (Lipinski definition) is 8. The van der Waals surface area contributed by atoms with Crippen molar-refractivity contribution < 1.29 is 34.1 Å². The zero-order valence-corrected chi connectivity index (χ0v) is 24.5. The van der Waals surface area contributed by atoms with Gasteiger partial charge in [0.25, 0.3) is 5.91 Å². The Balaban J connectivity index is 1.99. The van der Waals surface area contributed by atoms with Crippen molar-refractivity contribution in [1.29, 1.82) is 0 Å². The molecule has 4 N–H and O–H groups in total. The average Bonchev–Trinajstić information content (AvgIpc) is 3.46. The van der Waals surface area contributed by atoms with Gasteiger partial charge in [-0.2, -0.15) is 10.1 Å². The largest absolute Gasteiger partial charge is 0.481 e. The quantitative estimate of drug-likeness (QED) is 0.144. The number of carboxylic acid groups (broad SMARTS) is 2. The Morgan fingerprint density at radius 1 is 1.00 bits per heavy atom. The number of carboxylic acids is 2. The lowest BCUT2D eigenvalue weighted by atomic mass is 9.87. The van der Waals surface area contributed by atoms with Crippen LogP contribution in [-0.4, -0.2) is 60.9 Å². The smallest absolute Gasteiger partial charge is 0.344 e. The van der Waals surface area contributed by atoms with Gasteiger partial charge in [-0.05, 0) is 37.8 Å². The molecule has 12 nitrogen and oxygen atoms in total. The number of aromatic nitrogens is 4. The van der Waals surface area contributed by atoms with Crippen molar-refractivity contribution >= 4 is 28.9 Å². The second-order valence-electron chi connectivity index (χ2n) is 10.2. The number of fused-ring (bicyclic) bond motifs is 1. The number of hydrogen-bond donors (Lipinski definition) is 4. The highest BCUT2D eigenvalue weighted by Crippen LogP contribution is 2.36. The van der Waals surface area contributed by atoms with Gasteiger partial charge in [-0.3, -0.25) is 14.7 Å². The Morgan fingerprint density at radius 2 is 1.76 bits per heavy atom. The molecule has 0 aliphatic heterocycles. The lowest BCUT2D eigenvalue weighted by Crippen LogP contribution is -2.49. The van der Waals surface area contributed by atoms with Gasteiger partial charge >= 0.3 is 11.9 Å². The summed E-state index contributed by atoms with van der Waals surface area (Å²) in [4.78, 5) is 45.6. The van der Waals surface area contributed by atoms with E-state index in [9.17, 15) is 19.5 Å². The first-order chi connectivity index (χ1) is 20.2. The maximum absolute atomic E-state index is 14.1. The van der Waals surface area contributed by atoms with E-state index >= 15 is 0 Å². The number of H-pyrrole nitrogens is 1. The van der Waals surface area contributed by atoms with Crippen LogP contribution in [-0.2, 0) is 26.4 Å². The molecule has 228 valence electrons. The van der Waals surface area contributed by atoms with E-state index in [-0.39, 0.29) is 18.2 Å². The number of carbonyl (C=O) groups excluding carboxylic acids is 1. The van der Waals surface area contributed by atoms with Gasteiger partial charge in [0, 0.05) is 31.4 Å². The molecule has 0 radical (unpaired) electrons. The number of benzene rings is 1. The number of aryl methyl sites for hydroxylation is 1. The summed E-state index contributed by atoms with van der Waals surface area (Å²) in [5.74, 6) is -1.12. The van der Waals surface area contributed by atoms with Gasteiger partial charge in [0.1, 0.15) is 22.6 Å². The first kappa shape index (κ1) is 32.3. The molecule has 0 aliphatic rings. The molecular weight excluding hydrogens is 542 g/mol. The van der Waals surface area contributed by atoms with E-state index in [1.54, 1.807) is 30.5 Å². The number of aromatic amines is 1. The summed E-state index contributed by atoms with van der Waals surface area (Å²) in [6.07, 6.45) is 5.85. The van der Waals surface area contributed by atoms with Gasteiger partial charge in [0.2, 0.25) is 11.5 Å². The van der Waals surface area contributed by atoms with Crippen LogP contribution in [0.4, 0.5) is 0 Å². The Morgan fingerprint density at radius 3 is 2.40 bits per heavy atom. The molecule has 12 heteroatoms. The molecule has 1 aromatic carbocycles. The highest BCUT2D eigenvalue weighted by atomic mass is 16.5. The van der Waals surface area contributed by atoms with E-state index in [0.29, 0.717) is 86.1 Å². The molecule has 1 amide bonds. The fourth-order valence-electron chi connectivity index (χ4n) is 4.61. The van der Waals surface area contributed by atoms with Gasteiger partial charge in [-0.15, -0.1) is 0 Å². The Kier molecular flexibility index (Phi) is 12.1. The fourth-order valence-corrected chi connectivity index (χ4v) is 4.61. The predicted molar refractivity (Wildman–Crippen MR) is 155 cm³/mol. The van der Waals surface area contributed by atoms with Gasteiger partial charge in [0.05, 0.1) is 6.20 Å². The van der Waals surface area contributed by atoms with Crippen molar-refractivity contribution in [2.75, 3.05) is 6.54 Å². The molecule has 0 saturated heterocycles. The first-order valence-electron chi connectivity index (χ1n) is 14.6. The number of amides is 1. The number of carbonyl (C=O) groups is 3. The normalized spacial score (nSPS) is 13.3. The van der Waals surface area contributed by atoms with E-state index < -0.39 is 23.6 Å². The zero-order valence-electron chi connectivity index (χ0n) is 24.5. The van der Waals surface area contributed by atoms with E-state index in [1.807, 2.05) is 20.8 Å². The number of rotatable bonds is 19. The lowest BCUT2D eigenvalue weighted by Gasteiger charge is -2.33. The molecular formula is C30H41N5O7. The Bertz CT molecular complexity index is 1330. The van der Waals surface area contributed by atoms with Crippen LogP contribution in [0.15, 0.2) is 30.5 Å². The van der Waals surface area contributed by atoms with Crippen LogP contribution in [0, 0.1) is 0 Å². The van der Waals surface area contributed by atoms with Crippen molar-refractivity contribution in [3.8, 4) is 11.6 Å². The van der Waals surface area contributed by atoms with Crippen molar-refractivity contribution in [3.63, 3.8) is 0 Å². The van der Waals surface area contributed by atoms with Crippen LogP contribution >= 0.6 is 0 Å². The van der Waals surface area contributed by atoms with Crippen LogP contribution < -0.4 is 14.8 Å². The number of nitrogens with one attached hydrogen (secondary N) is 2. The molecule has 2 atom stereocenters. The summed E-state index contributed by atoms with van der Waals surface area (Å²) < 4.78 is 12.4. The highest BCUT2D eigenvalue weighted by molar-refractivity contribution is 5.88. The van der Waals surface area contributed by atoms with Crippen LogP contribution in [0.25, 0.3) is 11.0 Å². The van der Waals surface area contributed by atoms with Crippen LogP contribution in [0.2, 0.25) is 0 Å². The predicted octanol–water partition coefficient (Wildman–Crippen LogP) is 4.77. The third kappa shape index (κ3) is 8.40. The third-order valence-electron chi connectivity index (χ3n) is 6.93. The first-order valence-corrected chi connectivity index (χ1v) is 14.6. The second-order valence-corrected chi connectivity index (χ2v) is 10.2. The molecule has 42 heavy (non-hydrogen) atoms. The molecule has 0 fully saturated rings. The van der Waals surface area contributed by atoms with Gasteiger partial charge in [-0.25, -0.2) is 9.78 Å². The molecule has 2 unspecified atom stereocenters. The Hall–Kier alpha value is -4.22. The standard InChI is InChI=1S/C30H41N5O7/c1-4-7-17-30(29(40)31-18-10-8-9-12-25(36)37,42-27-26-22(19-32-35-26)33-24(6-3)34-27)20-13-15-21(16-14-20)41-23(11-5-2)28(38)39/h13-16,19,23H,4-12,17-18H2,1-3H3,(H,31,40)(H,32,35)(H,36,37)(H,38,39). The van der Waals surface area contributed by atoms with Crippen molar-refractivity contribution in [2.24, 2.45) is 0 Å². The number of ether oxygens (including phenoxy) is 2. The molecule has 3 rings (SSSR count). The molecule has 0 bridgehead atoms. The van der Waals surface area contributed by atoms with E-state index in [0.717, 1.165) is 6.42 Å². The molecule has 2 aromatic heterocycles. The van der Waals surface area contributed by atoms with Gasteiger partial charge in [-0.1, -0.05) is 52.2 Å². The molecule has 3 aromatic rings. The molecule has 0 saturated carbocycles. The zero-order chi connectivity index (χ0) is 30.5. The number of nitrogens with zero attached hydrogens (tertiary/aromatic N) is 3. The van der Waals surface area contributed by atoms with E-state index in [4.69, 9.17) is 14.6 Å². The van der Waals surface area contributed by atoms with Crippen LogP contribution in [0.3, 0.4) is 0 Å². The maximum atomic E-state index is 14.1. The third-order valence-corrected chi connectivity index (χ3v) is 6.93. The highest BCUT2D eigenvalue weighted by Gasteiger charge is 2.43. The van der Waals surface area contributed by atoms with Crippen LogP contribution in [0.1, 0.15) is 89.9 Å². The van der Waals surface area contributed by atoms with Crippen molar-refractivity contribution in [2.45, 2.75) is 96.7 Å². The fraction of sp³-hybridized carbons (Fsp3) is 0.533. The summed E-state index contributed by atoms with van der Waals surface area (Å²) in [5, 5.41) is 28.4. The topological polar surface area (TPSA) is 177 Å². The van der Waals surface area contributed by atoms with E-state index in [2.05, 4.69) is 25.5 Å². The minimum atomic E-state index is -1.48.